The number of anilines is 1. The number of hydrogen-bond donors (Lipinski definition) is 1. The van der Waals surface area contributed by atoms with E-state index in [1.165, 1.54) is 0 Å². The van der Waals surface area contributed by atoms with Crippen molar-refractivity contribution in [2.75, 3.05) is 37.7 Å². The van der Waals surface area contributed by atoms with Gasteiger partial charge in [-0.05, 0) is 56.4 Å². The van der Waals surface area contributed by atoms with Crippen LogP contribution in [0.3, 0.4) is 0 Å². The topological polar surface area (TPSA) is 90.4 Å². The minimum absolute atomic E-state index is 0.0611. The highest BCUT2D eigenvalue weighted by molar-refractivity contribution is 8.02. The van der Waals surface area contributed by atoms with Gasteiger partial charge in [0.25, 0.3) is 0 Å². The van der Waals surface area contributed by atoms with Gasteiger partial charge in [0.2, 0.25) is 17.7 Å². The van der Waals surface area contributed by atoms with Crippen LogP contribution in [0.5, 0.6) is 5.75 Å². The predicted octanol–water partition coefficient (Wildman–Crippen LogP) is 4.53. The van der Waals surface area contributed by atoms with Gasteiger partial charge in [-0.2, -0.15) is 0 Å². The van der Waals surface area contributed by atoms with Crippen LogP contribution in [-0.2, 0) is 14.4 Å². The summed E-state index contributed by atoms with van der Waals surface area (Å²) in [6.07, 6.45) is 6.65. The number of nitrogens with zero attached hydrogens (tertiary/aromatic N) is 3. The van der Waals surface area contributed by atoms with Crippen LogP contribution in [-0.4, -0.2) is 87.6 Å². The molecular formula is C33H47N3O5S. The molecule has 0 aromatic heterocycles. The lowest BCUT2D eigenvalue weighted by molar-refractivity contribution is -0.146. The van der Waals surface area contributed by atoms with E-state index in [1.807, 2.05) is 45.0 Å². The monoisotopic (exact) mass is 597 g/mol. The van der Waals surface area contributed by atoms with E-state index in [1.54, 1.807) is 38.6 Å². The van der Waals surface area contributed by atoms with Crippen molar-refractivity contribution in [3.05, 3.63) is 49.6 Å². The van der Waals surface area contributed by atoms with Gasteiger partial charge in [0.15, 0.2) is 0 Å². The van der Waals surface area contributed by atoms with E-state index in [-0.39, 0.29) is 35.5 Å². The molecule has 0 saturated carbocycles. The summed E-state index contributed by atoms with van der Waals surface area (Å²) in [6.45, 7) is 17.3. The van der Waals surface area contributed by atoms with Crippen LogP contribution < -0.4 is 9.64 Å². The molecule has 1 aromatic carbocycles. The fourth-order valence-corrected chi connectivity index (χ4v) is 9.31. The maximum absolute atomic E-state index is 14.5. The Morgan fingerprint density at radius 1 is 1.17 bits per heavy atom. The number of carbonyl (C=O) groups is 3. The van der Waals surface area contributed by atoms with Crippen molar-refractivity contribution < 1.29 is 24.2 Å². The van der Waals surface area contributed by atoms with Gasteiger partial charge < -0.3 is 24.5 Å². The van der Waals surface area contributed by atoms with E-state index in [0.29, 0.717) is 38.3 Å². The molecule has 9 heteroatoms. The number of unbranched alkanes of at least 4 members (excludes halogenated alkanes) is 1. The minimum Gasteiger partial charge on any atom is -0.494 e. The Hall–Kier alpha value is -2.78. The molecule has 3 fully saturated rings. The molecular weight excluding hydrogens is 550 g/mol. The molecule has 8 nitrogen and oxygen atoms in total. The second-order valence-electron chi connectivity index (χ2n) is 11.9. The molecule has 42 heavy (non-hydrogen) atoms. The number of benzene rings is 1. The van der Waals surface area contributed by atoms with E-state index in [0.717, 1.165) is 25.0 Å². The van der Waals surface area contributed by atoms with Gasteiger partial charge in [0, 0.05) is 30.6 Å². The highest BCUT2D eigenvalue weighted by atomic mass is 32.2. The Bertz CT molecular complexity index is 1160. The highest BCUT2D eigenvalue weighted by Crippen LogP contribution is 2.67. The number of thioether (sulfide) groups is 1. The van der Waals surface area contributed by atoms with Gasteiger partial charge in [-0.25, -0.2) is 0 Å². The number of aliphatic hydroxyl groups is 1. The first-order valence-electron chi connectivity index (χ1n) is 15.4. The Labute approximate surface area is 255 Å². The number of likely N-dealkylation sites (tertiary alicyclic amines) is 1. The van der Waals surface area contributed by atoms with Crippen molar-refractivity contribution in [2.24, 2.45) is 17.8 Å². The molecule has 6 atom stereocenters. The second kappa shape index (κ2) is 13.7. The first-order valence-corrected chi connectivity index (χ1v) is 16.2. The number of aliphatic hydroxyl groups excluding tert-OH is 1. The number of rotatable bonds is 15. The van der Waals surface area contributed by atoms with Crippen LogP contribution in [0.15, 0.2) is 49.6 Å². The standard InChI is InChI=1S/C33H47N3O5S/c1-7-11-20-34(18-8-2)32(40)29-33-17-16-26(42-33)27(28(33)31(39)36(29)25(21-37)22(5)6)30(38)35(19-9-3)23-12-14-24(15-13-23)41-10-4/h8-9,12-15,22,25-29,37H,2-3,7,10-11,16-21H2,1,4-6H3/t25-,26-,27+,28-,29?,33?/m0/s1. The molecule has 230 valence electrons. The number of ether oxygens (including phenoxy) is 1. The quantitative estimate of drug-likeness (QED) is 0.299. The van der Waals surface area contributed by atoms with Gasteiger partial charge in [0.05, 0.1) is 35.8 Å². The van der Waals surface area contributed by atoms with E-state index in [4.69, 9.17) is 4.74 Å². The highest BCUT2D eigenvalue weighted by Gasteiger charge is 2.74. The minimum atomic E-state index is -0.738. The van der Waals surface area contributed by atoms with Crippen molar-refractivity contribution >= 4 is 35.2 Å². The van der Waals surface area contributed by atoms with Gasteiger partial charge in [-0.15, -0.1) is 24.9 Å². The predicted molar refractivity (Wildman–Crippen MR) is 169 cm³/mol. The summed E-state index contributed by atoms with van der Waals surface area (Å²) in [5.74, 6) is -0.961. The average molecular weight is 598 g/mol. The van der Waals surface area contributed by atoms with E-state index in [2.05, 4.69) is 20.1 Å². The third kappa shape index (κ3) is 5.62. The van der Waals surface area contributed by atoms with Crippen LogP contribution in [0, 0.1) is 17.8 Å². The molecule has 3 heterocycles. The zero-order chi connectivity index (χ0) is 30.6. The van der Waals surface area contributed by atoms with Gasteiger partial charge in [-0.3, -0.25) is 14.4 Å². The molecule has 0 aliphatic carbocycles. The zero-order valence-corrected chi connectivity index (χ0v) is 26.4. The maximum Gasteiger partial charge on any atom is 0.247 e. The van der Waals surface area contributed by atoms with Crippen molar-refractivity contribution in [1.82, 2.24) is 9.80 Å². The first kappa shape index (κ1) is 32.1. The third-order valence-corrected chi connectivity index (χ3v) is 11.0. The molecule has 0 radical (unpaired) electrons. The van der Waals surface area contributed by atoms with Crippen molar-refractivity contribution in [2.45, 2.75) is 75.5 Å². The summed E-state index contributed by atoms with van der Waals surface area (Å²) in [4.78, 5) is 48.6. The Kier molecular flexibility index (Phi) is 10.5. The molecule has 1 N–H and O–H groups in total. The van der Waals surface area contributed by atoms with Gasteiger partial charge in [0.1, 0.15) is 11.8 Å². The van der Waals surface area contributed by atoms with Gasteiger partial charge in [-0.1, -0.05) is 39.3 Å². The average Bonchev–Trinajstić information content (AvgIpc) is 3.62. The van der Waals surface area contributed by atoms with Crippen LogP contribution in [0.2, 0.25) is 0 Å². The summed E-state index contributed by atoms with van der Waals surface area (Å²) < 4.78 is 4.87. The SMILES string of the molecule is C=CCN(CCCC)C(=O)C1N([C@@H](CO)C(C)C)C(=O)[C@@H]2[C@H](C(=O)N(CC=C)c3ccc(OCC)cc3)[C@@H]3CCC12S3. The first-order chi connectivity index (χ1) is 20.2. The van der Waals surface area contributed by atoms with Crippen molar-refractivity contribution in [1.29, 1.82) is 0 Å². The Morgan fingerprint density at radius 3 is 2.43 bits per heavy atom. The molecule has 1 spiro atoms. The number of carbonyl (C=O) groups excluding carboxylic acids is 3. The normalized spacial score (nSPS) is 26.7. The van der Waals surface area contributed by atoms with Crippen LogP contribution in [0.4, 0.5) is 5.69 Å². The summed E-state index contributed by atoms with van der Waals surface area (Å²) in [5.41, 5.74) is 0.715. The molecule has 2 unspecified atom stereocenters. The Balaban J connectivity index is 1.76. The van der Waals surface area contributed by atoms with Crippen LogP contribution in [0.1, 0.15) is 53.4 Å². The number of amides is 3. The van der Waals surface area contributed by atoms with Crippen molar-refractivity contribution in [3.63, 3.8) is 0 Å². The van der Waals surface area contributed by atoms with Gasteiger partial charge >= 0.3 is 0 Å². The number of hydrogen-bond acceptors (Lipinski definition) is 6. The molecule has 1 aromatic rings. The van der Waals surface area contributed by atoms with E-state index in [9.17, 15) is 19.5 Å². The van der Waals surface area contributed by atoms with Crippen LogP contribution in [0.25, 0.3) is 0 Å². The maximum atomic E-state index is 14.5. The largest absolute Gasteiger partial charge is 0.494 e. The summed E-state index contributed by atoms with van der Waals surface area (Å²) >= 11 is 1.66. The van der Waals surface area contributed by atoms with E-state index < -0.39 is 28.7 Å². The van der Waals surface area contributed by atoms with Crippen LogP contribution >= 0.6 is 11.8 Å². The molecule has 3 amide bonds. The van der Waals surface area contributed by atoms with E-state index >= 15 is 0 Å². The smallest absolute Gasteiger partial charge is 0.247 e. The third-order valence-electron chi connectivity index (χ3n) is 9.05. The lowest BCUT2D eigenvalue weighted by Crippen LogP contribution is -2.58. The lowest BCUT2D eigenvalue weighted by Gasteiger charge is -2.40. The molecule has 3 aliphatic rings. The molecule has 4 rings (SSSR count). The Morgan fingerprint density at radius 2 is 1.86 bits per heavy atom. The number of fused-ring (bicyclic) bond motifs is 1. The molecule has 3 aliphatic heterocycles. The summed E-state index contributed by atoms with van der Waals surface area (Å²) in [7, 11) is 0. The summed E-state index contributed by atoms with van der Waals surface area (Å²) in [6, 6.07) is 6.15. The fourth-order valence-electron chi connectivity index (χ4n) is 7.12. The fraction of sp³-hybridized carbons (Fsp3) is 0.606. The van der Waals surface area contributed by atoms with Crippen molar-refractivity contribution in [3.8, 4) is 5.75 Å². The molecule has 2 bridgehead atoms. The lowest BCUT2D eigenvalue weighted by atomic mass is 9.70. The summed E-state index contributed by atoms with van der Waals surface area (Å²) in [5, 5.41) is 10.4. The molecule has 3 saturated heterocycles. The second-order valence-corrected chi connectivity index (χ2v) is 13.5. The zero-order valence-electron chi connectivity index (χ0n) is 25.5.